The molecule has 0 saturated heterocycles. The molecule has 0 amide bonds. The number of aliphatic hydroxyl groups excluding tert-OH is 1. The molecule has 0 bridgehead atoms. The van der Waals surface area contributed by atoms with Crippen LogP contribution in [0.5, 0.6) is 23.1 Å². The normalized spacial score (nSPS) is 10.5. The lowest BCUT2D eigenvalue weighted by Gasteiger charge is -2.15. The highest BCUT2D eigenvalue weighted by molar-refractivity contribution is 9.10. The SMILES string of the molecule is COc1ccccc1Oc1c(N)nc(-c2ccc(Br)cc2)nc1OCCO. The maximum atomic E-state index is 9.11. The molecule has 1 heterocycles. The largest absolute Gasteiger partial charge is 0.493 e. The molecule has 1 aromatic heterocycles. The summed E-state index contributed by atoms with van der Waals surface area (Å²) in [5, 5.41) is 9.11. The van der Waals surface area contributed by atoms with Crippen LogP contribution in [0.25, 0.3) is 11.4 Å². The average molecular weight is 432 g/mol. The highest BCUT2D eigenvalue weighted by atomic mass is 79.9. The fraction of sp³-hybridized carbons (Fsp3) is 0.158. The van der Waals surface area contributed by atoms with Crippen molar-refractivity contribution in [3.63, 3.8) is 0 Å². The number of nitrogens with two attached hydrogens (primary N) is 1. The van der Waals surface area contributed by atoms with E-state index in [-0.39, 0.29) is 30.7 Å². The lowest BCUT2D eigenvalue weighted by molar-refractivity contribution is 0.192. The Morgan fingerprint density at radius 1 is 1.04 bits per heavy atom. The molecule has 0 aliphatic carbocycles. The summed E-state index contributed by atoms with van der Waals surface area (Å²) in [7, 11) is 1.54. The summed E-state index contributed by atoms with van der Waals surface area (Å²) < 4.78 is 17.7. The molecule has 140 valence electrons. The van der Waals surface area contributed by atoms with Gasteiger partial charge in [0, 0.05) is 10.0 Å². The van der Waals surface area contributed by atoms with E-state index in [9.17, 15) is 0 Å². The zero-order valence-electron chi connectivity index (χ0n) is 14.6. The summed E-state index contributed by atoms with van der Waals surface area (Å²) in [5.41, 5.74) is 6.90. The Balaban J connectivity index is 2.03. The van der Waals surface area contributed by atoms with Gasteiger partial charge < -0.3 is 25.1 Å². The van der Waals surface area contributed by atoms with Gasteiger partial charge in [-0.05, 0) is 24.3 Å². The highest BCUT2D eigenvalue weighted by Crippen LogP contribution is 2.39. The maximum absolute atomic E-state index is 9.11. The van der Waals surface area contributed by atoms with Crippen molar-refractivity contribution in [2.24, 2.45) is 0 Å². The minimum Gasteiger partial charge on any atom is -0.493 e. The van der Waals surface area contributed by atoms with Crippen molar-refractivity contribution in [2.75, 3.05) is 26.1 Å². The molecule has 3 N–H and O–H groups in total. The van der Waals surface area contributed by atoms with Gasteiger partial charge >= 0.3 is 0 Å². The van der Waals surface area contributed by atoms with Gasteiger partial charge in [-0.2, -0.15) is 4.98 Å². The molecule has 0 aliphatic heterocycles. The van der Waals surface area contributed by atoms with Crippen LogP contribution in [0.1, 0.15) is 0 Å². The van der Waals surface area contributed by atoms with Crippen molar-refractivity contribution in [1.82, 2.24) is 9.97 Å². The summed E-state index contributed by atoms with van der Waals surface area (Å²) >= 11 is 3.39. The number of para-hydroxylation sites is 2. The average Bonchev–Trinajstić information content (AvgIpc) is 2.69. The van der Waals surface area contributed by atoms with Gasteiger partial charge in [0.2, 0.25) is 5.75 Å². The number of halogens is 1. The van der Waals surface area contributed by atoms with Gasteiger partial charge in [-0.25, -0.2) is 4.98 Å². The molecule has 0 spiro atoms. The number of aliphatic hydroxyl groups is 1. The Morgan fingerprint density at radius 3 is 2.41 bits per heavy atom. The van der Waals surface area contributed by atoms with Crippen molar-refractivity contribution in [3.05, 3.63) is 53.0 Å². The zero-order valence-corrected chi connectivity index (χ0v) is 16.1. The van der Waals surface area contributed by atoms with Crippen molar-refractivity contribution in [2.45, 2.75) is 0 Å². The lowest BCUT2D eigenvalue weighted by Crippen LogP contribution is -2.08. The second-order valence-electron chi connectivity index (χ2n) is 5.40. The van der Waals surface area contributed by atoms with Crippen LogP contribution in [0.2, 0.25) is 0 Å². The second-order valence-corrected chi connectivity index (χ2v) is 6.31. The molecule has 0 fully saturated rings. The van der Waals surface area contributed by atoms with Crippen molar-refractivity contribution in [3.8, 4) is 34.5 Å². The number of hydrogen-bond donors (Lipinski definition) is 2. The summed E-state index contributed by atoms with van der Waals surface area (Å²) in [6, 6.07) is 14.6. The first-order valence-corrected chi connectivity index (χ1v) is 8.89. The van der Waals surface area contributed by atoms with Gasteiger partial charge in [0.1, 0.15) is 6.61 Å². The third kappa shape index (κ3) is 4.47. The van der Waals surface area contributed by atoms with Gasteiger partial charge in [0.05, 0.1) is 13.7 Å². The number of benzene rings is 2. The minimum atomic E-state index is -0.175. The third-order valence-electron chi connectivity index (χ3n) is 3.57. The van der Waals surface area contributed by atoms with E-state index in [4.69, 9.17) is 25.1 Å². The monoisotopic (exact) mass is 431 g/mol. The second kappa shape index (κ2) is 8.70. The molecule has 0 unspecified atom stereocenters. The molecule has 3 aromatic rings. The molecule has 27 heavy (non-hydrogen) atoms. The molecule has 0 saturated carbocycles. The van der Waals surface area contributed by atoms with Crippen molar-refractivity contribution in [1.29, 1.82) is 0 Å². The van der Waals surface area contributed by atoms with Gasteiger partial charge in [0.25, 0.3) is 5.88 Å². The zero-order chi connectivity index (χ0) is 19.2. The van der Waals surface area contributed by atoms with Crippen LogP contribution in [-0.2, 0) is 0 Å². The topological polar surface area (TPSA) is 99.7 Å². The highest BCUT2D eigenvalue weighted by Gasteiger charge is 2.19. The van der Waals surface area contributed by atoms with Crippen LogP contribution >= 0.6 is 15.9 Å². The van der Waals surface area contributed by atoms with Crippen LogP contribution < -0.4 is 19.9 Å². The molecule has 0 atom stereocenters. The first kappa shape index (κ1) is 18.9. The molecular formula is C19H18BrN3O4. The number of anilines is 1. The minimum absolute atomic E-state index is 0.0402. The van der Waals surface area contributed by atoms with E-state index in [0.29, 0.717) is 17.3 Å². The van der Waals surface area contributed by atoms with E-state index in [1.807, 2.05) is 30.3 Å². The number of hydrogen-bond acceptors (Lipinski definition) is 7. The number of nitrogen functional groups attached to an aromatic ring is 1. The Morgan fingerprint density at radius 2 is 1.74 bits per heavy atom. The van der Waals surface area contributed by atoms with E-state index in [1.54, 1.807) is 25.3 Å². The molecule has 0 radical (unpaired) electrons. The third-order valence-corrected chi connectivity index (χ3v) is 4.10. The van der Waals surface area contributed by atoms with Crippen molar-refractivity contribution >= 4 is 21.7 Å². The van der Waals surface area contributed by atoms with Gasteiger partial charge in [-0.3, -0.25) is 0 Å². The maximum Gasteiger partial charge on any atom is 0.263 e. The van der Waals surface area contributed by atoms with Crippen LogP contribution in [0.3, 0.4) is 0 Å². The standard InChI is InChI=1S/C19H18BrN3O4/c1-25-14-4-2-3-5-15(14)27-16-17(21)22-18(23-19(16)26-11-10-24)12-6-8-13(20)9-7-12/h2-9,24H,10-11H2,1H3,(H2,21,22,23). The predicted molar refractivity (Wildman–Crippen MR) is 105 cm³/mol. The smallest absolute Gasteiger partial charge is 0.263 e. The summed E-state index contributed by atoms with van der Waals surface area (Å²) in [4.78, 5) is 8.75. The lowest BCUT2D eigenvalue weighted by atomic mass is 10.2. The fourth-order valence-corrected chi connectivity index (χ4v) is 2.59. The van der Waals surface area contributed by atoms with E-state index in [0.717, 1.165) is 10.0 Å². The summed E-state index contributed by atoms with van der Waals surface area (Å²) in [5.74, 6) is 1.78. The van der Waals surface area contributed by atoms with Crippen LogP contribution in [-0.4, -0.2) is 35.4 Å². The summed E-state index contributed by atoms with van der Waals surface area (Å²) in [6.45, 7) is -0.135. The number of methoxy groups -OCH3 is 1. The van der Waals surface area contributed by atoms with E-state index >= 15 is 0 Å². The summed E-state index contributed by atoms with van der Waals surface area (Å²) in [6.07, 6.45) is 0. The van der Waals surface area contributed by atoms with Gasteiger partial charge in [-0.15, -0.1) is 0 Å². The Bertz CT molecular complexity index is 919. The quantitative estimate of drug-likeness (QED) is 0.588. The van der Waals surface area contributed by atoms with Crippen LogP contribution in [0.4, 0.5) is 5.82 Å². The molecule has 0 aliphatic rings. The Kier molecular flexibility index (Phi) is 6.10. The fourth-order valence-electron chi connectivity index (χ4n) is 2.32. The Labute approximate surface area is 164 Å². The van der Waals surface area contributed by atoms with Gasteiger partial charge in [0.15, 0.2) is 23.1 Å². The molecule has 2 aromatic carbocycles. The number of nitrogens with zero attached hydrogens (tertiary/aromatic N) is 2. The first-order valence-electron chi connectivity index (χ1n) is 8.10. The van der Waals surface area contributed by atoms with Crippen LogP contribution in [0, 0.1) is 0 Å². The number of rotatable bonds is 7. The Hall–Kier alpha value is -2.84. The van der Waals surface area contributed by atoms with E-state index < -0.39 is 0 Å². The first-order chi connectivity index (χ1) is 13.1. The van der Waals surface area contributed by atoms with E-state index in [1.165, 1.54) is 0 Å². The predicted octanol–water partition coefficient (Wildman–Crippen LogP) is 3.66. The molecular weight excluding hydrogens is 414 g/mol. The van der Waals surface area contributed by atoms with E-state index in [2.05, 4.69) is 25.9 Å². The van der Waals surface area contributed by atoms with Crippen LogP contribution in [0.15, 0.2) is 53.0 Å². The number of aromatic nitrogens is 2. The molecule has 8 heteroatoms. The number of ether oxygens (including phenoxy) is 3. The molecule has 3 rings (SSSR count). The van der Waals surface area contributed by atoms with Crippen molar-refractivity contribution < 1.29 is 19.3 Å². The molecule has 7 nitrogen and oxygen atoms in total. The van der Waals surface area contributed by atoms with Gasteiger partial charge in [-0.1, -0.05) is 40.2 Å².